The summed E-state index contributed by atoms with van der Waals surface area (Å²) < 4.78 is 0. The zero-order valence-corrected chi connectivity index (χ0v) is 11.8. The molecule has 2 amide bonds. The Balaban J connectivity index is 1.83. The molecule has 0 spiro atoms. The number of anilines is 1. The first kappa shape index (κ1) is 13.2. The van der Waals surface area contributed by atoms with Gasteiger partial charge in [0, 0.05) is 18.2 Å². The molecule has 1 aliphatic heterocycles. The van der Waals surface area contributed by atoms with E-state index in [4.69, 9.17) is 0 Å². The van der Waals surface area contributed by atoms with E-state index in [2.05, 4.69) is 12.2 Å². The van der Waals surface area contributed by atoms with Crippen molar-refractivity contribution in [3.05, 3.63) is 29.8 Å². The molecule has 1 N–H and O–H groups in total. The summed E-state index contributed by atoms with van der Waals surface area (Å²) in [4.78, 5) is 26.3. The molecule has 2 unspecified atom stereocenters. The van der Waals surface area contributed by atoms with Crippen molar-refractivity contribution in [1.82, 2.24) is 4.90 Å². The van der Waals surface area contributed by atoms with Crippen LogP contribution >= 0.6 is 0 Å². The summed E-state index contributed by atoms with van der Waals surface area (Å²) in [5.41, 5.74) is 1.84. The van der Waals surface area contributed by atoms with Crippen LogP contribution in [0.1, 0.15) is 31.7 Å². The van der Waals surface area contributed by atoms with Crippen molar-refractivity contribution in [2.45, 2.75) is 32.7 Å². The Hall–Kier alpha value is -1.84. The summed E-state index contributed by atoms with van der Waals surface area (Å²) in [6, 6.07) is 7.70. The van der Waals surface area contributed by atoms with Crippen molar-refractivity contribution in [2.24, 2.45) is 11.8 Å². The summed E-state index contributed by atoms with van der Waals surface area (Å²) in [5, 5.41) is 2.88. The summed E-state index contributed by atoms with van der Waals surface area (Å²) in [6.45, 7) is 2.83. The molecular weight excluding hydrogens is 252 g/mol. The molecule has 1 aromatic rings. The minimum Gasteiger partial charge on any atom is -0.329 e. The van der Waals surface area contributed by atoms with E-state index in [0.717, 1.165) is 30.5 Å². The molecule has 1 aromatic carbocycles. The van der Waals surface area contributed by atoms with Gasteiger partial charge in [-0.3, -0.25) is 9.59 Å². The predicted molar refractivity (Wildman–Crippen MR) is 77.0 cm³/mol. The molecule has 4 nitrogen and oxygen atoms in total. The number of amides is 2. The van der Waals surface area contributed by atoms with Crippen molar-refractivity contribution >= 4 is 17.5 Å². The lowest BCUT2D eigenvalue weighted by Crippen LogP contribution is -2.39. The molecular formula is C16H20N2O2. The van der Waals surface area contributed by atoms with Gasteiger partial charge >= 0.3 is 0 Å². The van der Waals surface area contributed by atoms with E-state index in [-0.39, 0.29) is 24.3 Å². The predicted octanol–water partition coefficient (Wildman–Crippen LogP) is 2.40. The van der Waals surface area contributed by atoms with Gasteiger partial charge in [0.05, 0.1) is 0 Å². The van der Waals surface area contributed by atoms with Crippen molar-refractivity contribution in [1.29, 1.82) is 0 Å². The highest BCUT2D eigenvalue weighted by molar-refractivity contribution is 5.96. The van der Waals surface area contributed by atoms with E-state index in [9.17, 15) is 9.59 Å². The van der Waals surface area contributed by atoms with Crippen LogP contribution in [0.4, 0.5) is 5.69 Å². The van der Waals surface area contributed by atoms with Gasteiger partial charge in [0.15, 0.2) is 0 Å². The molecule has 0 radical (unpaired) electrons. The lowest BCUT2D eigenvalue weighted by atomic mass is 9.96. The summed E-state index contributed by atoms with van der Waals surface area (Å²) >= 11 is 0. The van der Waals surface area contributed by atoms with Crippen LogP contribution in [0.15, 0.2) is 24.3 Å². The zero-order chi connectivity index (χ0) is 14.1. The molecule has 4 heteroatoms. The van der Waals surface area contributed by atoms with Crippen LogP contribution in [0.2, 0.25) is 0 Å². The van der Waals surface area contributed by atoms with Crippen LogP contribution in [0.25, 0.3) is 0 Å². The largest absolute Gasteiger partial charge is 0.329 e. The van der Waals surface area contributed by atoms with Gasteiger partial charge in [-0.05, 0) is 30.4 Å². The minimum atomic E-state index is -0.103. The maximum atomic E-state index is 12.7. The molecule has 1 heterocycles. The number of fused-ring (bicyclic) bond motifs is 1. The molecule has 1 aliphatic carbocycles. The highest BCUT2D eigenvalue weighted by atomic mass is 16.2. The fourth-order valence-electron chi connectivity index (χ4n) is 3.31. The van der Waals surface area contributed by atoms with Crippen LogP contribution in [0.3, 0.4) is 0 Å². The van der Waals surface area contributed by atoms with Crippen LogP contribution in [0.5, 0.6) is 0 Å². The molecule has 0 bridgehead atoms. The molecule has 106 valence electrons. The smallest absolute Gasteiger partial charge is 0.244 e. The fourth-order valence-corrected chi connectivity index (χ4v) is 3.31. The fraction of sp³-hybridized carbons (Fsp3) is 0.500. The molecule has 1 fully saturated rings. The maximum absolute atomic E-state index is 12.7. The van der Waals surface area contributed by atoms with Crippen molar-refractivity contribution in [3.8, 4) is 0 Å². The van der Waals surface area contributed by atoms with E-state index < -0.39 is 0 Å². The lowest BCUT2D eigenvalue weighted by molar-refractivity contribution is -0.139. The van der Waals surface area contributed by atoms with Gasteiger partial charge in [-0.15, -0.1) is 0 Å². The van der Waals surface area contributed by atoms with Gasteiger partial charge in [0.2, 0.25) is 11.8 Å². The minimum absolute atomic E-state index is 0.0908. The van der Waals surface area contributed by atoms with Crippen LogP contribution in [-0.4, -0.2) is 23.3 Å². The second kappa shape index (κ2) is 5.27. The van der Waals surface area contributed by atoms with Crippen molar-refractivity contribution < 1.29 is 9.59 Å². The molecule has 3 rings (SSSR count). The monoisotopic (exact) mass is 272 g/mol. The Morgan fingerprint density at radius 2 is 2.05 bits per heavy atom. The highest BCUT2D eigenvalue weighted by Gasteiger charge is 2.34. The lowest BCUT2D eigenvalue weighted by Gasteiger charge is -2.25. The molecule has 0 aromatic heterocycles. The molecule has 2 atom stereocenters. The van der Waals surface area contributed by atoms with E-state index in [1.165, 1.54) is 0 Å². The molecule has 2 aliphatic rings. The number of nitrogens with one attached hydrogen (secondary N) is 1. The maximum Gasteiger partial charge on any atom is 0.244 e. The van der Waals surface area contributed by atoms with E-state index >= 15 is 0 Å². The SMILES string of the molecule is CC1CCCC1C(=O)N1CC(=O)Nc2ccccc2C1. The Labute approximate surface area is 119 Å². The van der Waals surface area contributed by atoms with Crippen LogP contribution in [-0.2, 0) is 16.1 Å². The third kappa shape index (κ3) is 2.42. The van der Waals surface area contributed by atoms with Crippen molar-refractivity contribution in [3.63, 3.8) is 0 Å². The first-order valence-corrected chi connectivity index (χ1v) is 7.31. The third-order valence-electron chi connectivity index (χ3n) is 4.48. The van der Waals surface area contributed by atoms with Gasteiger partial charge in [-0.2, -0.15) is 0 Å². The Morgan fingerprint density at radius 3 is 2.80 bits per heavy atom. The normalized spacial score (nSPS) is 25.9. The number of carbonyl (C=O) groups excluding carboxylic acids is 2. The number of para-hydroxylation sites is 1. The van der Waals surface area contributed by atoms with Gasteiger partial charge < -0.3 is 10.2 Å². The summed E-state index contributed by atoms with van der Waals surface area (Å²) in [6.07, 6.45) is 3.20. The Morgan fingerprint density at radius 1 is 1.25 bits per heavy atom. The van der Waals surface area contributed by atoms with Gasteiger partial charge in [0.25, 0.3) is 0 Å². The Kier molecular flexibility index (Phi) is 3.47. The number of nitrogens with zero attached hydrogens (tertiary/aromatic N) is 1. The number of hydrogen-bond donors (Lipinski definition) is 1. The number of benzene rings is 1. The average molecular weight is 272 g/mol. The molecule has 1 saturated carbocycles. The number of carbonyl (C=O) groups is 2. The number of rotatable bonds is 1. The second-order valence-electron chi connectivity index (χ2n) is 5.91. The van der Waals surface area contributed by atoms with Crippen LogP contribution < -0.4 is 5.32 Å². The average Bonchev–Trinajstić information content (AvgIpc) is 2.77. The van der Waals surface area contributed by atoms with E-state index in [0.29, 0.717) is 12.5 Å². The second-order valence-corrected chi connectivity index (χ2v) is 5.91. The quantitative estimate of drug-likeness (QED) is 0.853. The first-order valence-electron chi connectivity index (χ1n) is 7.31. The summed E-state index contributed by atoms with van der Waals surface area (Å²) in [7, 11) is 0. The number of hydrogen-bond acceptors (Lipinski definition) is 2. The zero-order valence-electron chi connectivity index (χ0n) is 11.8. The van der Waals surface area contributed by atoms with E-state index in [1.807, 2.05) is 24.3 Å². The highest BCUT2D eigenvalue weighted by Crippen LogP contribution is 2.33. The topological polar surface area (TPSA) is 49.4 Å². The standard InChI is InChI=1S/C16H20N2O2/c1-11-5-4-7-13(11)16(20)18-9-12-6-2-3-8-14(12)17-15(19)10-18/h2-3,6,8,11,13H,4-5,7,9-10H2,1H3,(H,17,19). The van der Waals surface area contributed by atoms with Gasteiger partial charge in [0.1, 0.15) is 6.54 Å². The first-order chi connectivity index (χ1) is 9.65. The Bertz CT molecular complexity index is 541. The third-order valence-corrected chi connectivity index (χ3v) is 4.48. The molecule has 0 saturated heterocycles. The molecule has 20 heavy (non-hydrogen) atoms. The van der Waals surface area contributed by atoms with E-state index in [1.54, 1.807) is 4.90 Å². The van der Waals surface area contributed by atoms with Crippen molar-refractivity contribution in [2.75, 3.05) is 11.9 Å². The van der Waals surface area contributed by atoms with Crippen LogP contribution in [0, 0.1) is 11.8 Å². The van der Waals surface area contributed by atoms with Gasteiger partial charge in [-0.25, -0.2) is 0 Å². The van der Waals surface area contributed by atoms with Gasteiger partial charge in [-0.1, -0.05) is 31.5 Å². The summed E-state index contributed by atoms with van der Waals surface area (Å²) in [5.74, 6) is 0.563.